The number of sulfonamides is 1. The summed E-state index contributed by atoms with van der Waals surface area (Å²) >= 11 is 1.36. The monoisotopic (exact) mass is 324 g/mol. The van der Waals surface area contributed by atoms with Crippen LogP contribution in [0, 0.1) is 0 Å². The molecule has 0 atom stereocenters. The summed E-state index contributed by atoms with van der Waals surface area (Å²) in [6.45, 7) is 0.120. The molecular formula is C13H12N2O4S2. The molecule has 2 aromatic rings. The van der Waals surface area contributed by atoms with E-state index >= 15 is 0 Å². The third kappa shape index (κ3) is 4.48. The van der Waals surface area contributed by atoms with E-state index in [4.69, 9.17) is 5.11 Å². The maximum Gasteiger partial charge on any atom is 0.328 e. The molecule has 110 valence electrons. The number of carboxylic acid groups (broad SMARTS) is 1. The van der Waals surface area contributed by atoms with E-state index in [-0.39, 0.29) is 11.4 Å². The maximum absolute atomic E-state index is 12.1. The van der Waals surface area contributed by atoms with Gasteiger partial charge in [-0.25, -0.2) is 22.9 Å². The van der Waals surface area contributed by atoms with E-state index in [2.05, 4.69) is 9.71 Å². The van der Waals surface area contributed by atoms with Crippen LogP contribution in [-0.4, -0.2) is 24.5 Å². The lowest BCUT2D eigenvalue weighted by molar-refractivity contribution is -0.131. The van der Waals surface area contributed by atoms with Crippen molar-refractivity contribution in [3.63, 3.8) is 0 Å². The largest absolute Gasteiger partial charge is 0.478 e. The zero-order valence-electron chi connectivity index (χ0n) is 10.8. The lowest BCUT2D eigenvalue weighted by Gasteiger charge is -2.06. The van der Waals surface area contributed by atoms with Gasteiger partial charge in [0.25, 0.3) is 0 Å². The molecule has 2 rings (SSSR count). The Balaban J connectivity index is 2.16. The molecule has 0 bridgehead atoms. The Kier molecular flexibility index (Phi) is 4.84. The molecule has 21 heavy (non-hydrogen) atoms. The van der Waals surface area contributed by atoms with Gasteiger partial charge in [-0.15, -0.1) is 11.3 Å². The zero-order valence-corrected chi connectivity index (χ0v) is 12.4. The number of benzene rings is 1. The number of hydrogen-bond donors (Lipinski definition) is 2. The number of nitrogens with zero attached hydrogens (tertiary/aromatic N) is 1. The SMILES string of the molecule is O=C(O)C=Cc1cccc(S(=O)(=O)NCc2nccs2)c1. The van der Waals surface area contributed by atoms with Gasteiger partial charge >= 0.3 is 5.97 Å². The van der Waals surface area contributed by atoms with Gasteiger partial charge in [-0.1, -0.05) is 12.1 Å². The first-order chi connectivity index (χ1) is 9.97. The summed E-state index contributed by atoms with van der Waals surface area (Å²) in [5.41, 5.74) is 0.495. The van der Waals surface area contributed by atoms with Crippen LogP contribution in [0.2, 0.25) is 0 Å². The molecule has 0 radical (unpaired) electrons. The van der Waals surface area contributed by atoms with Crippen molar-refractivity contribution in [2.75, 3.05) is 0 Å². The fourth-order valence-corrected chi connectivity index (χ4v) is 3.22. The summed E-state index contributed by atoms with van der Waals surface area (Å²) in [6, 6.07) is 6.03. The quantitative estimate of drug-likeness (QED) is 0.789. The Morgan fingerprint density at radius 1 is 1.43 bits per heavy atom. The van der Waals surface area contributed by atoms with E-state index in [0.717, 1.165) is 6.08 Å². The number of rotatable bonds is 6. The van der Waals surface area contributed by atoms with Crippen LogP contribution < -0.4 is 4.72 Å². The van der Waals surface area contributed by atoms with Crippen LogP contribution in [0.1, 0.15) is 10.6 Å². The van der Waals surface area contributed by atoms with Crippen LogP contribution in [0.5, 0.6) is 0 Å². The minimum atomic E-state index is -3.66. The highest BCUT2D eigenvalue weighted by Crippen LogP contribution is 2.14. The number of thiazole rings is 1. The normalized spacial score (nSPS) is 11.8. The molecule has 1 aromatic heterocycles. The highest BCUT2D eigenvalue weighted by atomic mass is 32.2. The van der Waals surface area contributed by atoms with Crippen molar-refractivity contribution < 1.29 is 18.3 Å². The van der Waals surface area contributed by atoms with E-state index in [1.807, 2.05) is 0 Å². The number of aromatic nitrogens is 1. The molecule has 0 spiro atoms. The molecular weight excluding hydrogens is 312 g/mol. The Bertz CT molecular complexity index is 752. The third-order valence-corrected chi connectivity index (χ3v) is 4.66. The van der Waals surface area contributed by atoms with Gasteiger partial charge in [0.15, 0.2) is 0 Å². The number of hydrogen-bond acceptors (Lipinski definition) is 5. The fourth-order valence-electron chi connectivity index (χ4n) is 1.53. The topological polar surface area (TPSA) is 96.4 Å². The molecule has 8 heteroatoms. The van der Waals surface area contributed by atoms with Gasteiger partial charge in [-0.2, -0.15) is 0 Å². The zero-order chi connectivity index (χ0) is 15.3. The van der Waals surface area contributed by atoms with Crippen LogP contribution in [-0.2, 0) is 21.4 Å². The van der Waals surface area contributed by atoms with Crippen LogP contribution in [0.4, 0.5) is 0 Å². The molecule has 0 amide bonds. The standard InChI is InChI=1S/C13H12N2O4S2/c16-13(17)5-4-10-2-1-3-11(8-10)21(18,19)15-9-12-14-6-7-20-12/h1-8,15H,9H2,(H,16,17). The molecule has 0 unspecified atom stereocenters. The molecule has 0 aliphatic carbocycles. The van der Waals surface area contributed by atoms with Crippen molar-refractivity contribution in [1.82, 2.24) is 9.71 Å². The van der Waals surface area contributed by atoms with Crippen molar-refractivity contribution in [3.05, 3.63) is 52.5 Å². The maximum atomic E-state index is 12.1. The van der Waals surface area contributed by atoms with E-state index in [0.29, 0.717) is 10.6 Å². The van der Waals surface area contributed by atoms with Gasteiger partial charge in [0.05, 0.1) is 11.4 Å². The van der Waals surface area contributed by atoms with Gasteiger partial charge in [0.1, 0.15) is 5.01 Å². The molecule has 0 aliphatic rings. The predicted octanol–water partition coefficient (Wildman–Crippen LogP) is 1.72. The molecule has 1 heterocycles. The minimum Gasteiger partial charge on any atom is -0.478 e. The number of carboxylic acids is 1. The minimum absolute atomic E-state index is 0.0756. The predicted molar refractivity (Wildman–Crippen MR) is 79.3 cm³/mol. The van der Waals surface area contributed by atoms with Gasteiger partial charge < -0.3 is 5.11 Å². The molecule has 1 aromatic carbocycles. The Morgan fingerprint density at radius 2 is 2.24 bits per heavy atom. The summed E-state index contributed by atoms with van der Waals surface area (Å²) < 4.78 is 26.7. The molecule has 0 aliphatic heterocycles. The van der Waals surface area contributed by atoms with E-state index < -0.39 is 16.0 Å². The Labute approximate surface area is 125 Å². The Hall–Kier alpha value is -2.03. The Morgan fingerprint density at radius 3 is 2.90 bits per heavy atom. The van der Waals surface area contributed by atoms with Crippen molar-refractivity contribution in [3.8, 4) is 0 Å². The van der Waals surface area contributed by atoms with Crippen LogP contribution >= 0.6 is 11.3 Å². The van der Waals surface area contributed by atoms with Crippen LogP contribution in [0.25, 0.3) is 6.08 Å². The van der Waals surface area contributed by atoms with Gasteiger partial charge in [-0.05, 0) is 23.8 Å². The second-order valence-corrected chi connectivity index (χ2v) is 6.74. The summed E-state index contributed by atoms with van der Waals surface area (Å²) in [4.78, 5) is 14.5. The summed E-state index contributed by atoms with van der Waals surface area (Å²) in [7, 11) is -3.66. The average molecular weight is 324 g/mol. The molecule has 2 N–H and O–H groups in total. The highest BCUT2D eigenvalue weighted by Gasteiger charge is 2.14. The molecule has 0 fully saturated rings. The van der Waals surface area contributed by atoms with Gasteiger partial charge in [0.2, 0.25) is 10.0 Å². The highest BCUT2D eigenvalue weighted by molar-refractivity contribution is 7.89. The first-order valence-electron chi connectivity index (χ1n) is 5.86. The van der Waals surface area contributed by atoms with Gasteiger partial charge in [-0.3, -0.25) is 0 Å². The van der Waals surface area contributed by atoms with Crippen molar-refractivity contribution in [2.24, 2.45) is 0 Å². The van der Waals surface area contributed by atoms with E-state index in [9.17, 15) is 13.2 Å². The second kappa shape index (κ2) is 6.61. The van der Waals surface area contributed by atoms with Crippen molar-refractivity contribution in [1.29, 1.82) is 0 Å². The third-order valence-electron chi connectivity index (χ3n) is 2.48. The number of aliphatic carboxylic acids is 1. The summed E-state index contributed by atoms with van der Waals surface area (Å²) in [6.07, 6.45) is 3.89. The average Bonchev–Trinajstić information content (AvgIpc) is 2.97. The first-order valence-corrected chi connectivity index (χ1v) is 8.23. The van der Waals surface area contributed by atoms with Crippen molar-refractivity contribution >= 4 is 33.4 Å². The summed E-state index contributed by atoms with van der Waals surface area (Å²) in [5, 5.41) is 11.0. The lowest BCUT2D eigenvalue weighted by Crippen LogP contribution is -2.23. The van der Waals surface area contributed by atoms with E-state index in [1.165, 1.54) is 29.5 Å². The lowest BCUT2D eigenvalue weighted by atomic mass is 10.2. The number of carbonyl (C=O) groups is 1. The van der Waals surface area contributed by atoms with Gasteiger partial charge in [0, 0.05) is 17.7 Å². The van der Waals surface area contributed by atoms with Crippen LogP contribution in [0.3, 0.4) is 0 Å². The molecule has 0 saturated carbocycles. The van der Waals surface area contributed by atoms with Crippen molar-refractivity contribution in [2.45, 2.75) is 11.4 Å². The van der Waals surface area contributed by atoms with Crippen LogP contribution in [0.15, 0.2) is 46.8 Å². The molecule has 0 saturated heterocycles. The molecule has 6 nitrogen and oxygen atoms in total. The second-order valence-electron chi connectivity index (χ2n) is 3.99. The smallest absolute Gasteiger partial charge is 0.328 e. The van der Waals surface area contributed by atoms with E-state index in [1.54, 1.807) is 23.7 Å². The first kappa shape index (κ1) is 15.4. The summed E-state index contributed by atoms with van der Waals surface area (Å²) in [5.74, 6) is -1.09. The fraction of sp³-hybridized carbons (Fsp3) is 0.0769. The number of nitrogens with one attached hydrogen (secondary N) is 1.